The third-order valence-corrected chi connectivity index (χ3v) is 4.42. The first-order valence-corrected chi connectivity index (χ1v) is 7.88. The van der Waals surface area contributed by atoms with Crippen molar-refractivity contribution in [3.05, 3.63) is 43.0 Å². The third kappa shape index (κ3) is 2.55. The number of hydrogen-bond donors (Lipinski definition) is 0. The number of benzene rings is 1. The summed E-state index contributed by atoms with van der Waals surface area (Å²) in [6.07, 6.45) is 5.83. The zero-order valence-electron chi connectivity index (χ0n) is 13.1. The maximum Gasteiger partial charge on any atom is 0.170 e. The quantitative estimate of drug-likeness (QED) is 0.744. The van der Waals surface area contributed by atoms with Crippen LogP contribution in [0.25, 0.3) is 16.9 Å². The summed E-state index contributed by atoms with van der Waals surface area (Å²) in [6, 6.07) is 10.1. The number of anilines is 1. The van der Waals surface area contributed by atoms with E-state index in [1.165, 1.54) is 0 Å². The Kier molecular flexibility index (Phi) is 3.67. The minimum atomic E-state index is 0.352. The molecule has 1 aliphatic heterocycles. The molecule has 1 saturated heterocycles. The van der Waals surface area contributed by atoms with Gasteiger partial charge in [-0.05, 0) is 25.0 Å². The lowest BCUT2D eigenvalue weighted by atomic mass is 10.1. The number of hydrogen-bond acceptors (Lipinski definition) is 5. The molecule has 0 spiro atoms. The topological polar surface area (TPSA) is 56.1 Å². The number of rotatable bonds is 3. The van der Waals surface area contributed by atoms with Crippen LogP contribution in [0.15, 0.2) is 43.0 Å². The largest absolute Gasteiger partial charge is 0.381 e. The molecular weight excluding hydrogens is 290 g/mol. The summed E-state index contributed by atoms with van der Waals surface area (Å²) in [6.45, 7) is 1.87. The summed E-state index contributed by atoms with van der Waals surface area (Å²) in [5.41, 5.74) is 2.75. The second-order valence-electron chi connectivity index (χ2n) is 5.74. The zero-order valence-corrected chi connectivity index (χ0v) is 13.1. The molecule has 6 heteroatoms. The van der Waals surface area contributed by atoms with Gasteiger partial charge in [0.2, 0.25) is 0 Å². The van der Waals surface area contributed by atoms with Gasteiger partial charge in [0.15, 0.2) is 17.0 Å². The number of imidazole rings is 1. The molecule has 0 N–H and O–H groups in total. The monoisotopic (exact) mass is 309 g/mol. The van der Waals surface area contributed by atoms with Crippen LogP contribution in [0.4, 0.5) is 5.82 Å². The summed E-state index contributed by atoms with van der Waals surface area (Å²) >= 11 is 0. The highest BCUT2D eigenvalue weighted by Gasteiger charge is 2.22. The van der Waals surface area contributed by atoms with Gasteiger partial charge in [0.05, 0.1) is 6.10 Å². The minimum absolute atomic E-state index is 0.352. The summed E-state index contributed by atoms with van der Waals surface area (Å²) in [4.78, 5) is 15.8. The van der Waals surface area contributed by atoms with Crippen LogP contribution in [0.3, 0.4) is 0 Å². The van der Waals surface area contributed by atoms with Gasteiger partial charge in [-0.1, -0.05) is 18.2 Å². The van der Waals surface area contributed by atoms with E-state index in [1.54, 1.807) is 13.4 Å². The Balaban J connectivity index is 1.71. The fourth-order valence-electron chi connectivity index (χ4n) is 3.13. The average Bonchev–Trinajstić information content (AvgIpc) is 3.07. The van der Waals surface area contributed by atoms with Crippen LogP contribution in [0.1, 0.15) is 12.8 Å². The SMILES string of the molecule is COC1CCN(c2ncnc3c2ncn3-c2ccccc2)CC1. The molecule has 1 fully saturated rings. The van der Waals surface area contributed by atoms with Gasteiger partial charge in [-0.25, -0.2) is 15.0 Å². The van der Waals surface area contributed by atoms with Gasteiger partial charge in [0.1, 0.15) is 12.7 Å². The molecule has 0 amide bonds. The summed E-state index contributed by atoms with van der Waals surface area (Å²) < 4.78 is 7.45. The van der Waals surface area contributed by atoms with Crippen LogP contribution in [0.2, 0.25) is 0 Å². The first kappa shape index (κ1) is 14.1. The van der Waals surface area contributed by atoms with E-state index in [-0.39, 0.29) is 0 Å². The molecule has 3 heterocycles. The standard InChI is InChI=1S/C17H19N5O/c1-23-14-7-9-21(10-8-14)16-15-17(19-11-18-16)22(12-20-15)13-5-3-2-4-6-13/h2-6,11-12,14H,7-10H2,1H3. The number of para-hydroxylation sites is 1. The van der Waals surface area contributed by atoms with E-state index < -0.39 is 0 Å². The first-order chi connectivity index (χ1) is 11.4. The Labute approximate surface area is 134 Å². The second-order valence-corrected chi connectivity index (χ2v) is 5.74. The van der Waals surface area contributed by atoms with Gasteiger partial charge in [-0.2, -0.15) is 0 Å². The molecule has 1 aliphatic rings. The Morgan fingerprint density at radius 3 is 2.57 bits per heavy atom. The van der Waals surface area contributed by atoms with E-state index in [2.05, 4.69) is 19.9 Å². The predicted molar refractivity (Wildman–Crippen MR) is 88.9 cm³/mol. The van der Waals surface area contributed by atoms with Crippen molar-refractivity contribution in [1.82, 2.24) is 19.5 Å². The third-order valence-electron chi connectivity index (χ3n) is 4.42. The van der Waals surface area contributed by atoms with Gasteiger partial charge < -0.3 is 9.64 Å². The first-order valence-electron chi connectivity index (χ1n) is 7.88. The van der Waals surface area contributed by atoms with Crippen molar-refractivity contribution in [3.63, 3.8) is 0 Å². The minimum Gasteiger partial charge on any atom is -0.381 e. The lowest BCUT2D eigenvalue weighted by Gasteiger charge is -2.31. The molecule has 0 saturated carbocycles. The molecule has 3 aromatic rings. The van der Waals surface area contributed by atoms with Crippen molar-refractivity contribution in [2.45, 2.75) is 18.9 Å². The fourth-order valence-corrected chi connectivity index (χ4v) is 3.13. The number of nitrogens with zero attached hydrogens (tertiary/aromatic N) is 5. The van der Waals surface area contributed by atoms with Crippen molar-refractivity contribution in [2.75, 3.05) is 25.1 Å². The lowest BCUT2D eigenvalue weighted by Crippen LogP contribution is -2.37. The number of fused-ring (bicyclic) bond motifs is 1. The van der Waals surface area contributed by atoms with Crippen LogP contribution in [0.5, 0.6) is 0 Å². The van der Waals surface area contributed by atoms with Crippen LogP contribution in [-0.4, -0.2) is 45.8 Å². The smallest absolute Gasteiger partial charge is 0.170 e. The average molecular weight is 309 g/mol. The van der Waals surface area contributed by atoms with E-state index in [0.29, 0.717) is 6.10 Å². The molecule has 6 nitrogen and oxygen atoms in total. The summed E-state index contributed by atoms with van der Waals surface area (Å²) in [5.74, 6) is 0.916. The number of aromatic nitrogens is 4. The summed E-state index contributed by atoms with van der Waals surface area (Å²) in [5, 5.41) is 0. The summed E-state index contributed by atoms with van der Waals surface area (Å²) in [7, 11) is 1.78. The van der Waals surface area contributed by atoms with Crippen molar-refractivity contribution in [3.8, 4) is 5.69 Å². The fraction of sp³-hybridized carbons (Fsp3) is 0.353. The Morgan fingerprint density at radius 1 is 1.04 bits per heavy atom. The van der Waals surface area contributed by atoms with Gasteiger partial charge in [-0.3, -0.25) is 4.57 Å². The number of methoxy groups -OCH3 is 1. The highest BCUT2D eigenvalue weighted by atomic mass is 16.5. The molecule has 0 radical (unpaired) electrons. The Morgan fingerprint density at radius 2 is 1.83 bits per heavy atom. The van der Waals surface area contributed by atoms with Crippen molar-refractivity contribution in [2.24, 2.45) is 0 Å². The predicted octanol–water partition coefficient (Wildman–Crippen LogP) is 2.43. The molecular formula is C17H19N5O. The van der Waals surface area contributed by atoms with E-state index in [9.17, 15) is 0 Å². The highest BCUT2D eigenvalue weighted by Crippen LogP contribution is 2.26. The van der Waals surface area contributed by atoms with Crippen molar-refractivity contribution >= 4 is 17.0 Å². The molecule has 1 aromatic carbocycles. The lowest BCUT2D eigenvalue weighted by molar-refractivity contribution is 0.0818. The molecule has 0 atom stereocenters. The number of piperidine rings is 1. The zero-order chi connectivity index (χ0) is 15.6. The molecule has 23 heavy (non-hydrogen) atoms. The van der Waals surface area contributed by atoms with Gasteiger partial charge in [0, 0.05) is 25.9 Å². The maximum atomic E-state index is 5.45. The van der Waals surface area contributed by atoms with Crippen LogP contribution >= 0.6 is 0 Å². The number of ether oxygens (including phenoxy) is 1. The van der Waals surface area contributed by atoms with E-state index in [0.717, 1.165) is 48.6 Å². The Hall–Kier alpha value is -2.47. The molecule has 118 valence electrons. The van der Waals surface area contributed by atoms with Gasteiger partial charge >= 0.3 is 0 Å². The van der Waals surface area contributed by atoms with E-state index >= 15 is 0 Å². The maximum absolute atomic E-state index is 5.45. The molecule has 0 unspecified atom stereocenters. The van der Waals surface area contributed by atoms with E-state index in [4.69, 9.17) is 4.74 Å². The van der Waals surface area contributed by atoms with Gasteiger partial charge in [-0.15, -0.1) is 0 Å². The van der Waals surface area contributed by atoms with Gasteiger partial charge in [0.25, 0.3) is 0 Å². The van der Waals surface area contributed by atoms with Crippen LogP contribution < -0.4 is 4.90 Å². The van der Waals surface area contributed by atoms with Crippen molar-refractivity contribution < 1.29 is 4.74 Å². The normalized spacial score (nSPS) is 16.1. The van der Waals surface area contributed by atoms with E-state index in [1.807, 2.05) is 41.2 Å². The molecule has 0 bridgehead atoms. The Bertz CT molecular complexity index is 793. The van der Waals surface area contributed by atoms with Crippen LogP contribution in [0, 0.1) is 0 Å². The van der Waals surface area contributed by atoms with Crippen molar-refractivity contribution in [1.29, 1.82) is 0 Å². The molecule has 2 aromatic heterocycles. The highest BCUT2D eigenvalue weighted by molar-refractivity contribution is 5.84. The second kappa shape index (κ2) is 5.96. The molecule has 4 rings (SSSR count). The van der Waals surface area contributed by atoms with Crippen LogP contribution in [-0.2, 0) is 4.74 Å². The molecule has 0 aliphatic carbocycles.